The van der Waals surface area contributed by atoms with Gasteiger partial charge >= 0.3 is 0 Å². The molecule has 5 nitrogen and oxygen atoms in total. The Morgan fingerprint density at radius 1 is 1.24 bits per heavy atom. The summed E-state index contributed by atoms with van der Waals surface area (Å²) in [6.45, 7) is 2.51. The first kappa shape index (κ1) is 13.4. The predicted molar refractivity (Wildman–Crippen MR) is 79.4 cm³/mol. The molecule has 21 heavy (non-hydrogen) atoms. The van der Waals surface area contributed by atoms with Crippen molar-refractivity contribution in [2.24, 2.45) is 0 Å². The summed E-state index contributed by atoms with van der Waals surface area (Å²) < 4.78 is 5.12. The minimum atomic E-state index is -0.203. The van der Waals surface area contributed by atoms with E-state index in [4.69, 9.17) is 4.42 Å². The lowest BCUT2D eigenvalue weighted by Crippen LogP contribution is -2.23. The number of aryl methyl sites for hydroxylation is 1. The van der Waals surface area contributed by atoms with Crippen molar-refractivity contribution in [3.05, 3.63) is 47.9 Å². The molecule has 1 aliphatic heterocycles. The zero-order chi connectivity index (χ0) is 14.8. The normalized spacial score (nSPS) is 14.5. The van der Waals surface area contributed by atoms with Crippen LogP contribution in [0.5, 0.6) is 0 Å². The van der Waals surface area contributed by atoms with Crippen LogP contribution in [0.1, 0.15) is 29.0 Å². The molecule has 108 valence electrons. The molecule has 2 amide bonds. The maximum atomic E-state index is 12.1. The summed E-state index contributed by atoms with van der Waals surface area (Å²) in [6, 6.07) is 8.94. The zero-order valence-electron chi connectivity index (χ0n) is 11.8. The highest BCUT2D eigenvalue weighted by molar-refractivity contribution is 6.05. The van der Waals surface area contributed by atoms with Gasteiger partial charge in [0.2, 0.25) is 5.91 Å². The fourth-order valence-corrected chi connectivity index (χ4v) is 2.46. The molecule has 1 saturated heterocycles. The number of hydrogen-bond donors (Lipinski definition) is 1. The van der Waals surface area contributed by atoms with Crippen LogP contribution in [0.3, 0.4) is 0 Å². The van der Waals surface area contributed by atoms with Crippen LogP contribution in [0.4, 0.5) is 11.4 Å². The Labute approximate surface area is 122 Å². The molecule has 0 spiro atoms. The van der Waals surface area contributed by atoms with E-state index in [1.165, 1.54) is 6.26 Å². The average Bonchev–Trinajstić information content (AvgIpc) is 3.08. The number of benzene rings is 1. The molecule has 1 aliphatic rings. The van der Waals surface area contributed by atoms with E-state index in [1.807, 2.05) is 12.1 Å². The number of rotatable bonds is 3. The number of carbonyl (C=O) groups is 2. The third-order valence-electron chi connectivity index (χ3n) is 3.61. The minimum absolute atomic E-state index is 0.154. The first-order valence-electron chi connectivity index (χ1n) is 6.91. The van der Waals surface area contributed by atoms with Crippen LogP contribution in [0, 0.1) is 6.92 Å². The maximum Gasteiger partial charge on any atom is 0.259 e. The monoisotopic (exact) mass is 284 g/mol. The molecule has 0 bridgehead atoms. The van der Waals surface area contributed by atoms with Crippen LogP contribution in [-0.2, 0) is 4.79 Å². The van der Waals surface area contributed by atoms with Gasteiger partial charge in [-0.1, -0.05) is 0 Å². The third-order valence-corrected chi connectivity index (χ3v) is 3.61. The maximum absolute atomic E-state index is 12.1. The molecular formula is C16H16N2O3. The molecule has 1 aromatic heterocycles. The van der Waals surface area contributed by atoms with Crippen molar-refractivity contribution in [2.75, 3.05) is 16.8 Å². The minimum Gasteiger partial charge on any atom is -0.469 e. The van der Waals surface area contributed by atoms with Crippen molar-refractivity contribution in [3.63, 3.8) is 0 Å². The fraction of sp³-hybridized carbons (Fsp3) is 0.250. The van der Waals surface area contributed by atoms with Gasteiger partial charge in [-0.25, -0.2) is 0 Å². The number of amides is 2. The van der Waals surface area contributed by atoms with Crippen LogP contribution < -0.4 is 10.2 Å². The lowest BCUT2D eigenvalue weighted by molar-refractivity contribution is -0.117. The first-order chi connectivity index (χ1) is 10.1. The molecule has 1 fully saturated rings. The lowest BCUT2D eigenvalue weighted by atomic mass is 10.2. The van der Waals surface area contributed by atoms with Gasteiger partial charge in [0.15, 0.2) is 0 Å². The second-order valence-corrected chi connectivity index (χ2v) is 5.04. The first-order valence-corrected chi connectivity index (χ1v) is 6.91. The van der Waals surface area contributed by atoms with Gasteiger partial charge in [0.25, 0.3) is 5.91 Å². The Morgan fingerprint density at radius 2 is 2.00 bits per heavy atom. The van der Waals surface area contributed by atoms with Crippen LogP contribution in [0.2, 0.25) is 0 Å². The molecular weight excluding hydrogens is 268 g/mol. The second kappa shape index (κ2) is 5.44. The number of furan rings is 1. The van der Waals surface area contributed by atoms with Crippen molar-refractivity contribution >= 4 is 23.2 Å². The summed E-state index contributed by atoms with van der Waals surface area (Å²) >= 11 is 0. The molecule has 0 atom stereocenters. The molecule has 2 aromatic rings. The number of carbonyl (C=O) groups excluding carboxylic acids is 2. The summed E-state index contributed by atoms with van der Waals surface area (Å²) in [6.07, 6.45) is 3.00. The molecule has 1 aromatic carbocycles. The van der Waals surface area contributed by atoms with Crippen molar-refractivity contribution in [1.82, 2.24) is 0 Å². The van der Waals surface area contributed by atoms with Gasteiger partial charge in [0.1, 0.15) is 5.76 Å². The van der Waals surface area contributed by atoms with Crippen LogP contribution in [0.15, 0.2) is 41.0 Å². The molecule has 5 heteroatoms. The summed E-state index contributed by atoms with van der Waals surface area (Å²) in [4.78, 5) is 25.5. The number of anilines is 2. The third kappa shape index (κ3) is 2.67. The van der Waals surface area contributed by atoms with E-state index >= 15 is 0 Å². The van der Waals surface area contributed by atoms with E-state index in [2.05, 4.69) is 5.32 Å². The number of nitrogens with one attached hydrogen (secondary N) is 1. The number of hydrogen-bond acceptors (Lipinski definition) is 3. The number of nitrogens with zero attached hydrogens (tertiary/aromatic N) is 1. The Bertz CT molecular complexity index is 673. The smallest absolute Gasteiger partial charge is 0.259 e. The quantitative estimate of drug-likeness (QED) is 0.942. The van der Waals surface area contributed by atoms with Crippen molar-refractivity contribution < 1.29 is 14.0 Å². The summed E-state index contributed by atoms with van der Waals surface area (Å²) in [7, 11) is 0. The van der Waals surface area contributed by atoms with E-state index in [1.54, 1.807) is 30.0 Å². The second-order valence-electron chi connectivity index (χ2n) is 5.04. The van der Waals surface area contributed by atoms with Gasteiger partial charge in [0, 0.05) is 24.3 Å². The SMILES string of the molecule is Cc1occc1C(=O)Nc1ccc(N2CCCC2=O)cc1. The highest BCUT2D eigenvalue weighted by Crippen LogP contribution is 2.23. The van der Waals surface area contributed by atoms with E-state index in [9.17, 15) is 9.59 Å². The van der Waals surface area contributed by atoms with Gasteiger partial charge < -0.3 is 14.6 Å². The molecule has 3 rings (SSSR count). The van der Waals surface area contributed by atoms with E-state index < -0.39 is 0 Å². The van der Waals surface area contributed by atoms with E-state index in [0.29, 0.717) is 23.4 Å². The average molecular weight is 284 g/mol. The Kier molecular flexibility index (Phi) is 3.48. The molecule has 0 radical (unpaired) electrons. The van der Waals surface area contributed by atoms with Gasteiger partial charge in [-0.05, 0) is 43.7 Å². The molecule has 2 heterocycles. The van der Waals surface area contributed by atoms with Crippen LogP contribution >= 0.6 is 0 Å². The Morgan fingerprint density at radius 3 is 2.57 bits per heavy atom. The van der Waals surface area contributed by atoms with Gasteiger partial charge in [0.05, 0.1) is 11.8 Å². The predicted octanol–water partition coefficient (Wildman–Crippen LogP) is 2.97. The van der Waals surface area contributed by atoms with E-state index in [0.717, 1.165) is 18.7 Å². The lowest BCUT2D eigenvalue weighted by Gasteiger charge is -2.16. The zero-order valence-corrected chi connectivity index (χ0v) is 11.8. The molecule has 1 N–H and O–H groups in total. The highest BCUT2D eigenvalue weighted by Gasteiger charge is 2.21. The van der Waals surface area contributed by atoms with Gasteiger partial charge in [-0.2, -0.15) is 0 Å². The Balaban J connectivity index is 1.71. The highest BCUT2D eigenvalue weighted by atomic mass is 16.3. The standard InChI is InChI=1S/C16H16N2O3/c1-11-14(8-10-21-11)16(20)17-12-4-6-13(7-5-12)18-9-2-3-15(18)19/h4-8,10H,2-3,9H2,1H3,(H,17,20). The summed E-state index contributed by atoms with van der Waals surface area (Å²) in [5.41, 5.74) is 2.08. The van der Waals surface area contributed by atoms with Crippen LogP contribution in [-0.4, -0.2) is 18.4 Å². The molecule has 0 saturated carbocycles. The summed E-state index contributed by atoms with van der Waals surface area (Å²) in [5.74, 6) is 0.541. The van der Waals surface area contributed by atoms with E-state index in [-0.39, 0.29) is 11.8 Å². The largest absolute Gasteiger partial charge is 0.469 e. The molecule has 0 unspecified atom stereocenters. The van der Waals surface area contributed by atoms with Crippen molar-refractivity contribution in [1.29, 1.82) is 0 Å². The topological polar surface area (TPSA) is 62.6 Å². The van der Waals surface area contributed by atoms with Crippen molar-refractivity contribution in [3.8, 4) is 0 Å². The van der Waals surface area contributed by atoms with Gasteiger partial charge in [-0.15, -0.1) is 0 Å². The Hall–Kier alpha value is -2.56. The van der Waals surface area contributed by atoms with Crippen LogP contribution in [0.25, 0.3) is 0 Å². The summed E-state index contributed by atoms with van der Waals surface area (Å²) in [5, 5.41) is 2.81. The fourth-order valence-electron chi connectivity index (χ4n) is 2.46. The van der Waals surface area contributed by atoms with Gasteiger partial charge in [-0.3, -0.25) is 9.59 Å². The molecule has 0 aliphatic carbocycles. The van der Waals surface area contributed by atoms with Crippen molar-refractivity contribution in [2.45, 2.75) is 19.8 Å².